The van der Waals surface area contributed by atoms with Crippen molar-refractivity contribution in [1.29, 1.82) is 0 Å². The first-order chi connectivity index (χ1) is 13.6. The van der Waals surface area contributed by atoms with Crippen LogP contribution >= 0.6 is 0 Å². The first-order valence-electron chi connectivity index (χ1n) is 9.20. The van der Waals surface area contributed by atoms with Crippen LogP contribution in [0.4, 0.5) is 0 Å². The Morgan fingerprint density at radius 3 is 2.71 bits per heavy atom. The molecule has 1 aromatic heterocycles. The van der Waals surface area contributed by atoms with Crippen molar-refractivity contribution in [3.63, 3.8) is 0 Å². The molecule has 1 N–H and O–H groups in total. The van der Waals surface area contributed by atoms with Crippen LogP contribution in [0.2, 0.25) is 0 Å². The number of rotatable bonds is 9. The average Bonchev–Trinajstić information content (AvgIpc) is 2.71. The van der Waals surface area contributed by atoms with Crippen LogP contribution in [0, 0.1) is 6.92 Å². The lowest BCUT2D eigenvalue weighted by Crippen LogP contribution is -2.22. The minimum absolute atomic E-state index is 0.385. The first kappa shape index (κ1) is 20.2. The molecule has 0 aliphatic heterocycles. The van der Waals surface area contributed by atoms with Gasteiger partial charge in [-0.25, -0.2) is 9.78 Å². The normalized spacial score (nSPS) is 11.3. The van der Waals surface area contributed by atoms with Crippen LogP contribution in [0.1, 0.15) is 22.3 Å². The van der Waals surface area contributed by atoms with Crippen molar-refractivity contribution in [3.05, 3.63) is 70.9 Å². The summed E-state index contributed by atoms with van der Waals surface area (Å²) in [5, 5.41) is 12.9. The fourth-order valence-corrected chi connectivity index (χ4v) is 3.35. The number of aromatic nitrogens is 1. The fourth-order valence-electron chi connectivity index (χ4n) is 3.35. The number of hydroxylamine groups is 2. The van der Waals surface area contributed by atoms with Crippen molar-refractivity contribution >= 4 is 10.9 Å². The maximum absolute atomic E-state index is 10.5. The molecule has 0 saturated carbocycles. The molecule has 6 nitrogen and oxygen atoms in total. The predicted molar refractivity (Wildman–Crippen MR) is 107 cm³/mol. The summed E-state index contributed by atoms with van der Waals surface area (Å²) in [6.45, 7) is 3.37. The first-order valence-corrected chi connectivity index (χ1v) is 9.20. The number of methoxy groups -OCH3 is 1. The van der Waals surface area contributed by atoms with Crippen LogP contribution in [0.5, 0.6) is 5.75 Å². The second-order valence-corrected chi connectivity index (χ2v) is 6.63. The molecule has 0 aliphatic carbocycles. The Kier molecular flexibility index (Phi) is 6.95. The second-order valence-electron chi connectivity index (χ2n) is 6.63. The highest BCUT2D eigenvalue weighted by molar-refractivity contribution is 5.83. The van der Waals surface area contributed by atoms with Crippen LogP contribution in [-0.4, -0.2) is 36.0 Å². The summed E-state index contributed by atoms with van der Waals surface area (Å²) in [6.07, 6.45) is 2.47. The van der Waals surface area contributed by atoms with Gasteiger partial charge in [-0.2, -0.15) is 5.06 Å². The Morgan fingerprint density at radius 1 is 1.07 bits per heavy atom. The van der Waals surface area contributed by atoms with Gasteiger partial charge in [0.2, 0.25) is 0 Å². The monoisotopic (exact) mass is 382 g/mol. The fraction of sp³-hybridized carbons (Fsp3) is 0.318. The van der Waals surface area contributed by atoms with Crippen molar-refractivity contribution < 1.29 is 19.7 Å². The van der Waals surface area contributed by atoms with E-state index in [1.165, 1.54) is 23.3 Å². The molecule has 0 saturated heterocycles. The van der Waals surface area contributed by atoms with E-state index in [9.17, 15) is 5.21 Å². The summed E-state index contributed by atoms with van der Waals surface area (Å²) in [4.78, 5) is 14.2. The van der Waals surface area contributed by atoms with Gasteiger partial charge in [0.25, 0.3) is 0 Å². The van der Waals surface area contributed by atoms with Crippen LogP contribution in [0.3, 0.4) is 0 Å². The molecule has 3 rings (SSSR count). The van der Waals surface area contributed by atoms with E-state index in [1.54, 1.807) is 13.3 Å². The molecule has 0 radical (unpaired) electrons. The maximum atomic E-state index is 10.5. The average molecular weight is 382 g/mol. The van der Waals surface area contributed by atoms with Crippen molar-refractivity contribution in [2.45, 2.75) is 26.5 Å². The van der Waals surface area contributed by atoms with Gasteiger partial charge < -0.3 is 9.94 Å². The highest BCUT2D eigenvalue weighted by atomic mass is 17.2. The van der Waals surface area contributed by atoms with Gasteiger partial charge >= 0.3 is 0 Å². The number of ether oxygens (including phenoxy) is 1. The number of hydrogen-bond acceptors (Lipinski definition) is 6. The van der Waals surface area contributed by atoms with E-state index in [0.717, 1.165) is 27.8 Å². The molecule has 0 atom stereocenters. The van der Waals surface area contributed by atoms with E-state index in [-0.39, 0.29) is 0 Å². The molecule has 0 amide bonds. The third-order valence-electron chi connectivity index (χ3n) is 4.85. The summed E-state index contributed by atoms with van der Waals surface area (Å²) < 4.78 is 5.26. The van der Waals surface area contributed by atoms with E-state index in [4.69, 9.17) is 14.5 Å². The molecular weight excluding hydrogens is 356 g/mol. The van der Waals surface area contributed by atoms with Crippen molar-refractivity contribution in [2.75, 3.05) is 20.8 Å². The Morgan fingerprint density at radius 2 is 1.93 bits per heavy atom. The smallest absolute Gasteiger partial charge is 0.121 e. The lowest BCUT2D eigenvalue weighted by molar-refractivity contribution is -0.282. The zero-order valence-corrected chi connectivity index (χ0v) is 16.5. The molecule has 0 aliphatic rings. The van der Waals surface area contributed by atoms with Crippen molar-refractivity contribution in [2.24, 2.45) is 0 Å². The zero-order chi connectivity index (χ0) is 19.9. The van der Waals surface area contributed by atoms with Gasteiger partial charge in [0.05, 0.1) is 19.7 Å². The minimum Gasteiger partial charge on any atom is -0.497 e. The second kappa shape index (κ2) is 9.61. The molecule has 0 fully saturated rings. The van der Waals surface area contributed by atoms with Gasteiger partial charge in [-0.3, -0.25) is 4.98 Å². The minimum atomic E-state index is 0.385. The molecule has 0 spiro atoms. The van der Waals surface area contributed by atoms with Gasteiger partial charge in [-0.05, 0) is 53.8 Å². The summed E-state index contributed by atoms with van der Waals surface area (Å²) in [5.41, 5.74) is 5.28. The highest BCUT2D eigenvalue weighted by Gasteiger charge is 2.11. The lowest BCUT2D eigenvalue weighted by atomic mass is 9.99. The third-order valence-corrected chi connectivity index (χ3v) is 4.85. The Bertz CT molecular complexity index is 930. The quantitative estimate of drug-likeness (QED) is 0.445. The van der Waals surface area contributed by atoms with Crippen LogP contribution in [-0.2, 0) is 29.3 Å². The molecule has 0 bridgehead atoms. The van der Waals surface area contributed by atoms with Gasteiger partial charge in [0.15, 0.2) is 0 Å². The Balaban J connectivity index is 1.70. The molecule has 3 aromatic rings. The number of pyridine rings is 1. The largest absolute Gasteiger partial charge is 0.497 e. The van der Waals surface area contributed by atoms with Crippen LogP contribution in [0.25, 0.3) is 10.9 Å². The van der Waals surface area contributed by atoms with E-state index in [0.29, 0.717) is 26.1 Å². The summed E-state index contributed by atoms with van der Waals surface area (Å²) in [5.74, 6) is 0.767. The van der Waals surface area contributed by atoms with Gasteiger partial charge in [-0.1, -0.05) is 18.2 Å². The van der Waals surface area contributed by atoms with Crippen LogP contribution < -0.4 is 4.74 Å². The lowest BCUT2D eigenvalue weighted by Gasteiger charge is -2.18. The van der Waals surface area contributed by atoms with E-state index >= 15 is 0 Å². The van der Waals surface area contributed by atoms with E-state index < -0.39 is 0 Å². The number of fused-ring (bicyclic) bond motifs is 1. The molecule has 0 unspecified atom stereocenters. The van der Waals surface area contributed by atoms with Crippen LogP contribution in [0.15, 0.2) is 48.7 Å². The van der Waals surface area contributed by atoms with E-state index in [2.05, 4.69) is 18.0 Å². The van der Waals surface area contributed by atoms with Crippen molar-refractivity contribution in [1.82, 2.24) is 10.0 Å². The molecule has 28 heavy (non-hydrogen) atoms. The molecular formula is C22H26N2O4. The number of hydrogen-bond donors (Lipinski definition) is 1. The molecule has 2 aromatic carbocycles. The topological polar surface area (TPSA) is 64.1 Å². The SMILES string of the molecule is COOCc1cccc(C)c1CCN(O)Cc1ccnc2cc(OC)ccc12. The van der Waals surface area contributed by atoms with Crippen molar-refractivity contribution in [3.8, 4) is 5.75 Å². The predicted octanol–water partition coefficient (Wildman–Crippen LogP) is 4.06. The summed E-state index contributed by atoms with van der Waals surface area (Å²) in [6, 6.07) is 13.8. The third kappa shape index (κ3) is 4.85. The number of nitrogens with zero attached hydrogens (tertiary/aromatic N) is 2. The van der Waals surface area contributed by atoms with Gasteiger partial charge in [0.1, 0.15) is 12.4 Å². The summed E-state index contributed by atoms with van der Waals surface area (Å²) >= 11 is 0. The van der Waals surface area contributed by atoms with Gasteiger partial charge in [0, 0.05) is 30.7 Å². The summed E-state index contributed by atoms with van der Waals surface area (Å²) in [7, 11) is 3.14. The highest BCUT2D eigenvalue weighted by Crippen LogP contribution is 2.23. The Labute approximate surface area is 165 Å². The maximum Gasteiger partial charge on any atom is 0.121 e. The zero-order valence-electron chi connectivity index (χ0n) is 16.5. The molecule has 6 heteroatoms. The molecule has 1 heterocycles. The number of aryl methyl sites for hydroxylation is 1. The standard InChI is InChI=1S/C22H26N2O4/c1-16-5-4-6-18(15-28-27-3)20(16)10-12-24(25)14-17-9-11-23-22-13-19(26-2)7-8-21(17)22/h4-9,11,13,25H,10,12,14-15H2,1-3H3. The van der Waals surface area contributed by atoms with E-state index in [1.807, 2.05) is 36.4 Å². The molecule has 148 valence electrons. The number of benzene rings is 2. The van der Waals surface area contributed by atoms with Gasteiger partial charge in [-0.15, -0.1) is 0 Å². The Hall–Kier alpha value is -2.51.